The lowest BCUT2D eigenvalue weighted by Crippen LogP contribution is -2.05. The minimum Gasteiger partial charge on any atom is -0.525 e. The van der Waals surface area contributed by atoms with Crippen LogP contribution >= 0.6 is 0 Å². The fourth-order valence-electron chi connectivity index (χ4n) is 2.61. The number of benzene rings is 3. The molecule has 0 atom stereocenters. The second kappa shape index (κ2) is 6.41. The zero-order valence-corrected chi connectivity index (χ0v) is 14.3. The normalized spacial score (nSPS) is 10.4. The van der Waals surface area contributed by atoms with Gasteiger partial charge in [-0.2, -0.15) is 0 Å². The van der Waals surface area contributed by atoms with Crippen LogP contribution in [0.25, 0.3) is 22.3 Å². The molecule has 0 amide bonds. The average Bonchev–Trinajstić information content (AvgIpc) is 2.62. The van der Waals surface area contributed by atoms with E-state index in [4.69, 9.17) is 4.43 Å². The van der Waals surface area contributed by atoms with E-state index in [0.717, 1.165) is 22.3 Å². The summed E-state index contributed by atoms with van der Waals surface area (Å²) in [5.41, 5.74) is 4.68. The molecule has 0 aliphatic rings. The zero-order chi connectivity index (χ0) is 15.4. The van der Waals surface area contributed by atoms with Crippen molar-refractivity contribution in [3.63, 3.8) is 0 Å². The van der Waals surface area contributed by atoms with Crippen LogP contribution in [0.5, 0.6) is 0 Å². The molecule has 0 aliphatic heterocycles. The van der Waals surface area contributed by atoms with Gasteiger partial charge in [0, 0.05) is 5.56 Å². The Labute approximate surface area is 132 Å². The van der Waals surface area contributed by atoms with Crippen LogP contribution in [-0.4, -0.2) is 16.5 Å². The number of carbonyl (C=O) groups is 1. The van der Waals surface area contributed by atoms with Gasteiger partial charge in [-0.05, 0) is 22.8 Å². The van der Waals surface area contributed by atoms with Crippen LogP contribution in [0.15, 0.2) is 78.9 Å². The molecule has 0 radical (unpaired) electrons. The molecule has 0 bridgehead atoms. The van der Waals surface area contributed by atoms with Crippen molar-refractivity contribution in [1.82, 2.24) is 0 Å². The van der Waals surface area contributed by atoms with E-state index in [-0.39, 0.29) is 5.97 Å². The van der Waals surface area contributed by atoms with Gasteiger partial charge in [-0.1, -0.05) is 72.8 Å². The van der Waals surface area contributed by atoms with Gasteiger partial charge in [0.1, 0.15) is 0 Å². The highest BCUT2D eigenvalue weighted by molar-refractivity contribution is 6.12. The summed E-state index contributed by atoms with van der Waals surface area (Å²) in [5, 5.41) is 0. The topological polar surface area (TPSA) is 26.3 Å². The Morgan fingerprint density at radius 2 is 1.32 bits per heavy atom. The van der Waals surface area contributed by atoms with Gasteiger partial charge in [0.25, 0.3) is 0 Å². The molecule has 0 aliphatic carbocycles. The van der Waals surface area contributed by atoms with Crippen LogP contribution in [0.1, 0.15) is 10.4 Å². The molecule has 0 heterocycles. The molecule has 0 spiro atoms. The van der Waals surface area contributed by atoms with E-state index in [0.29, 0.717) is 16.0 Å². The van der Waals surface area contributed by atoms with Crippen molar-refractivity contribution in [2.24, 2.45) is 0 Å². The maximum absolute atomic E-state index is 12.2. The quantitative estimate of drug-likeness (QED) is 0.693. The second-order valence-corrected chi connectivity index (χ2v) is 5.36. The Balaban J connectivity index is 2.29. The maximum Gasteiger partial charge on any atom is 0.324 e. The molecule has 3 rings (SSSR count). The first kappa shape index (κ1) is 14.3. The molecule has 0 fully saturated rings. The first-order valence-electron chi connectivity index (χ1n) is 7.13. The number of hydrogen-bond acceptors (Lipinski definition) is 2. The highest BCUT2D eigenvalue weighted by Crippen LogP contribution is 2.35. The molecule has 0 unspecified atom stereocenters. The van der Waals surface area contributed by atoms with E-state index in [1.807, 2.05) is 66.7 Å². The Kier molecular flexibility index (Phi) is 4.16. The SMILES string of the molecule is O=C(O[SiH3])c1cccc(-c2ccccc2)c1-c1ccccc1. The smallest absolute Gasteiger partial charge is 0.324 e. The molecule has 3 heteroatoms. The van der Waals surface area contributed by atoms with E-state index in [1.165, 1.54) is 0 Å². The Bertz CT molecular complexity index is 783. The second-order valence-electron chi connectivity index (χ2n) is 4.95. The molecule has 0 N–H and O–H groups in total. The molecule has 3 aromatic carbocycles. The van der Waals surface area contributed by atoms with Crippen molar-refractivity contribution >= 4 is 16.5 Å². The van der Waals surface area contributed by atoms with Crippen molar-refractivity contribution in [1.29, 1.82) is 0 Å². The Hall–Kier alpha value is -2.65. The number of hydrogen-bond donors (Lipinski definition) is 0. The highest BCUT2D eigenvalue weighted by atomic mass is 28.2. The van der Waals surface area contributed by atoms with Gasteiger partial charge in [-0.3, -0.25) is 0 Å². The van der Waals surface area contributed by atoms with Crippen LogP contribution in [0.4, 0.5) is 0 Å². The van der Waals surface area contributed by atoms with E-state index in [1.54, 1.807) is 0 Å². The lowest BCUT2D eigenvalue weighted by Gasteiger charge is -2.14. The molecule has 0 saturated heterocycles. The summed E-state index contributed by atoms with van der Waals surface area (Å²) in [6.07, 6.45) is 0. The summed E-state index contributed by atoms with van der Waals surface area (Å²) in [6, 6.07) is 25.8. The van der Waals surface area contributed by atoms with Crippen LogP contribution in [0, 0.1) is 0 Å². The summed E-state index contributed by atoms with van der Waals surface area (Å²) in [5.74, 6) is -0.261. The molecule has 22 heavy (non-hydrogen) atoms. The lowest BCUT2D eigenvalue weighted by atomic mass is 9.90. The zero-order valence-electron chi connectivity index (χ0n) is 12.3. The lowest BCUT2D eigenvalue weighted by molar-refractivity contribution is 0.0750. The third-order valence-electron chi connectivity index (χ3n) is 3.62. The summed E-state index contributed by atoms with van der Waals surface area (Å²) >= 11 is 0. The molecule has 2 nitrogen and oxygen atoms in total. The van der Waals surface area contributed by atoms with Crippen LogP contribution < -0.4 is 0 Å². The van der Waals surface area contributed by atoms with Crippen molar-refractivity contribution < 1.29 is 9.22 Å². The largest absolute Gasteiger partial charge is 0.525 e. The maximum atomic E-state index is 12.2. The third-order valence-corrected chi connectivity index (χ3v) is 3.99. The Morgan fingerprint density at radius 1 is 0.727 bits per heavy atom. The Morgan fingerprint density at radius 3 is 1.91 bits per heavy atom. The fourth-order valence-corrected chi connectivity index (χ4v) is 2.83. The van der Waals surface area contributed by atoms with Gasteiger partial charge < -0.3 is 4.43 Å². The predicted octanol–water partition coefficient (Wildman–Crippen LogP) is 3.46. The predicted molar refractivity (Wildman–Crippen MR) is 92.7 cm³/mol. The molecule has 0 saturated carbocycles. The highest BCUT2D eigenvalue weighted by Gasteiger charge is 2.17. The van der Waals surface area contributed by atoms with E-state index in [2.05, 4.69) is 12.1 Å². The first-order valence-corrected chi connectivity index (χ1v) is 7.95. The number of rotatable bonds is 3. The fraction of sp³-hybridized carbons (Fsp3) is 0. The van der Waals surface area contributed by atoms with E-state index < -0.39 is 0 Å². The van der Waals surface area contributed by atoms with Crippen molar-refractivity contribution in [3.8, 4) is 22.3 Å². The van der Waals surface area contributed by atoms with E-state index in [9.17, 15) is 4.79 Å². The van der Waals surface area contributed by atoms with Crippen LogP contribution in [-0.2, 0) is 4.43 Å². The van der Waals surface area contributed by atoms with Gasteiger partial charge in [-0.25, -0.2) is 4.79 Å². The summed E-state index contributed by atoms with van der Waals surface area (Å²) in [7, 11) is 0.386. The van der Waals surface area contributed by atoms with Gasteiger partial charge >= 0.3 is 5.97 Å². The molecular formula is C19H16O2Si. The van der Waals surface area contributed by atoms with Gasteiger partial charge in [0.15, 0.2) is 0 Å². The van der Waals surface area contributed by atoms with Gasteiger partial charge in [0.05, 0.1) is 5.56 Å². The standard InChI is InChI=1S/C19H16O2Si/c20-19(21-22)17-13-7-12-16(14-8-3-1-4-9-14)18(17)15-10-5-2-6-11-15/h1-13H,22H3. The number of carbonyl (C=O) groups excluding carboxylic acids is 1. The first-order chi connectivity index (χ1) is 10.8. The summed E-state index contributed by atoms with van der Waals surface area (Å²) < 4.78 is 5.09. The summed E-state index contributed by atoms with van der Waals surface area (Å²) in [6.45, 7) is 0. The minimum absolute atomic E-state index is 0.261. The minimum atomic E-state index is -0.261. The molecule has 3 aromatic rings. The molecule has 108 valence electrons. The van der Waals surface area contributed by atoms with Gasteiger partial charge in [-0.15, -0.1) is 0 Å². The molecule has 0 aromatic heterocycles. The van der Waals surface area contributed by atoms with Crippen molar-refractivity contribution in [3.05, 3.63) is 84.4 Å². The third kappa shape index (κ3) is 2.71. The van der Waals surface area contributed by atoms with Crippen molar-refractivity contribution in [2.45, 2.75) is 0 Å². The van der Waals surface area contributed by atoms with Crippen LogP contribution in [0.3, 0.4) is 0 Å². The van der Waals surface area contributed by atoms with Gasteiger partial charge in [0.2, 0.25) is 10.5 Å². The average molecular weight is 304 g/mol. The molecular weight excluding hydrogens is 288 g/mol. The van der Waals surface area contributed by atoms with E-state index >= 15 is 0 Å². The monoisotopic (exact) mass is 304 g/mol. The van der Waals surface area contributed by atoms with Crippen LogP contribution in [0.2, 0.25) is 0 Å². The summed E-state index contributed by atoms with van der Waals surface area (Å²) in [4.78, 5) is 12.2. The van der Waals surface area contributed by atoms with Crippen molar-refractivity contribution in [2.75, 3.05) is 0 Å².